The number of halogens is 5. The number of aromatic nitrogens is 3. The molecule has 0 spiro atoms. The molecule has 2 rings (SSSR count). The van der Waals surface area contributed by atoms with Crippen LogP contribution in [-0.4, -0.2) is 23.6 Å². The third kappa shape index (κ3) is 2.90. The van der Waals surface area contributed by atoms with Crippen LogP contribution in [-0.2, 0) is 15.2 Å². The summed E-state index contributed by atoms with van der Waals surface area (Å²) in [7, 11) is 0.797. The van der Waals surface area contributed by atoms with Crippen molar-refractivity contribution in [1.82, 2.24) is 15.2 Å². The number of hydrogen-bond acceptors (Lipinski definition) is 4. The summed E-state index contributed by atoms with van der Waals surface area (Å²) in [6.45, 7) is 0. The van der Waals surface area contributed by atoms with Crippen LogP contribution in [0.3, 0.4) is 0 Å². The molecule has 0 saturated heterocycles. The minimum atomic E-state index is -4.89. The monoisotopic (exact) mass is 329 g/mol. The molecule has 0 radical (unpaired) electrons. The van der Waals surface area contributed by atoms with Crippen LogP contribution < -0.4 is 0 Å². The molecule has 2 aromatic rings. The van der Waals surface area contributed by atoms with Crippen molar-refractivity contribution in [2.75, 3.05) is 0 Å². The third-order valence-electron chi connectivity index (χ3n) is 2.23. The van der Waals surface area contributed by atoms with E-state index < -0.39 is 31.8 Å². The fourth-order valence-corrected chi connectivity index (χ4v) is 1.92. The van der Waals surface area contributed by atoms with Crippen molar-refractivity contribution in [2.45, 2.75) is 11.3 Å². The molecular formula is C9H4ClF4N3O2S. The summed E-state index contributed by atoms with van der Waals surface area (Å²) >= 11 is 0. The average Bonchev–Trinajstić information content (AvgIpc) is 2.77. The minimum absolute atomic E-state index is 0.207. The van der Waals surface area contributed by atoms with Gasteiger partial charge >= 0.3 is 6.18 Å². The van der Waals surface area contributed by atoms with Gasteiger partial charge in [-0.05, 0) is 18.2 Å². The normalized spacial score (nSPS) is 12.7. The van der Waals surface area contributed by atoms with E-state index in [1.54, 1.807) is 0 Å². The maximum absolute atomic E-state index is 13.1. The second-order valence-corrected chi connectivity index (χ2v) is 6.08. The molecule has 0 aliphatic carbocycles. The molecule has 0 atom stereocenters. The Morgan fingerprint density at radius 1 is 1.25 bits per heavy atom. The summed E-state index contributed by atoms with van der Waals surface area (Å²) in [6, 6.07) is 2.05. The molecule has 108 valence electrons. The highest BCUT2D eigenvalue weighted by Gasteiger charge is 2.34. The predicted octanol–water partition coefficient (Wildman–Crippen LogP) is 2.56. The van der Waals surface area contributed by atoms with Crippen LogP contribution in [0.5, 0.6) is 0 Å². The van der Waals surface area contributed by atoms with Gasteiger partial charge in [-0.1, -0.05) is 0 Å². The predicted molar refractivity (Wildman–Crippen MR) is 59.8 cm³/mol. The molecule has 5 nitrogen and oxygen atoms in total. The highest BCUT2D eigenvalue weighted by atomic mass is 35.7. The highest BCUT2D eigenvalue weighted by molar-refractivity contribution is 8.13. The molecule has 11 heteroatoms. The van der Waals surface area contributed by atoms with Crippen LogP contribution in [0.15, 0.2) is 23.4 Å². The lowest BCUT2D eigenvalue weighted by molar-refractivity contribution is -0.139. The second kappa shape index (κ2) is 4.70. The van der Waals surface area contributed by atoms with Gasteiger partial charge in [0.05, 0.1) is 5.56 Å². The minimum Gasteiger partial charge on any atom is -0.248 e. The molecule has 0 fully saturated rings. The smallest absolute Gasteiger partial charge is 0.248 e. The third-order valence-corrected chi connectivity index (χ3v) is 3.31. The number of rotatable bonds is 2. The Morgan fingerprint density at radius 2 is 1.90 bits per heavy atom. The molecule has 1 heterocycles. The SMILES string of the molecule is O=S(=O)(Cl)c1nc(-c2ccc(F)c(C(F)(F)F)c2)n[nH]1. The second-order valence-electron chi connectivity index (χ2n) is 3.59. The molecule has 0 aliphatic heterocycles. The zero-order valence-electron chi connectivity index (χ0n) is 9.24. The lowest BCUT2D eigenvalue weighted by atomic mass is 10.1. The molecule has 0 saturated carbocycles. The Labute approximate surface area is 114 Å². The zero-order valence-corrected chi connectivity index (χ0v) is 10.8. The molecule has 1 aromatic heterocycles. The first kappa shape index (κ1) is 14.7. The van der Waals surface area contributed by atoms with Gasteiger partial charge in [-0.25, -0.2) is 17.9 Å². The molecule has 20 heavy (non-hydrogen) atoms. The first-order valence-corrected chi connectivity index (χ1v) is 7.14. The first-order valence-electron chi connectivity index (χ1n) is 4.83. The molecule has 0 amide bonds. The van der Waals surface area contributed by atoms with Crippen LogP contribution in [0.4, 0.5) is 17.6 Å². The van der Waals surface area contributed by atoms with Crippen molar-refractivity contribution >= 4 is 19.7 Å². The van der Waals surface area contributed by atoms with Crippen LogP contribution in [0.1, 0.15) is 5.56 Å². The van der Waals surface area contributed by atoms with E-state index in [0.29, 0.717) is 12.1 Å². The van der Waals surface area contributed by atoms with Gasteiger partial charge in [0.25, 0.3) is 14.2 Å². The number of nitrogens with one attached hydrogen (secondary N) is 1. The van der Waals surface area contributed by atoms with Gasteiger partial charge in [-0.15, -0.1) is 0 Å². The van der Waals surface area contributed by atoms with Crippen molar-refractivity contribution in [3.8, 4) is 11.4 Å². The van der Waals surface area contributed by atoms with E-state index in [4.69, 9.17) is 10.7 Å². The summed E-state index contributed by atoms with van der Waals surface area (Å²) in [5.74, 6) is -1.81. The summed E-state index contributed by atoms with van der Waals surface area (Å²) in [5, 5.41) is 4.66. The molecular weight excluding hydrogens is 326 g/mol. The summed E-state index contributed by atoms with van der Waals surface area (Å²) < 4.78 is 72.6. The Kier molecular flexibility index (Phi) is 3.46. The first-order chi connectivity index (χ1) is 9.09. The number of H-pyrrole nitrogens is 1. The van der Waals surface area contributed by atoms with E-state index >= 15 is 0 Å². The number of alkyl halides is 3. The highest BCUT2D eigenvalue weighted by Crippen LogP contribution is 2.33. The van der Waals surface area contributed by atoms with Crippen LogP contribution in [0, 0.1) is 5.82 Å². The molecule has 0 bridgehead atoms. The number of aromatic amines is 1. The van der Waals surface area contributed by atoms with E-state index in [0.717, 1.165) is 6.07 Å². The van der Waals surface area contributed by atoms with Gasteiger partial charge in [-0.2, -0.15) is 23.3 Å². The van der Waals surface area contributed by atoms with Crippen molar-refractivity contribution in [1.29, 1.82) is 0 Å². The lowest BCUT2D eigenvalue weighted by Gasteiger charge is -2.08. The Hall–Kier alpha value is -1.68. The molecule has 0 aliphatic rings. The number of nitrogens with zero attached hydrogens (tertiary/aromatic N) is 2. The van der Waals surface area contributed by atoms with Crippen molar-refractivity contribution < 1.29 is 26.0 Å². The Morgan fingerprint density at radius 3 is 2.40 bits per heavy atom. The average molecular weight is 330 g/mol. The summed E-state index contributed by atoms with van der Waals surface area (Å²) in [4.78, 5) is 3.43. The molecule has 1 N–H and O–H groups in total. The van der Waals surface area contributed by atoms with E-state index in [9.17, 15) is 26.0 Å². The Bertz CT molecular complexity index is 757. The maximum atomic E-state index is 13.1. The van der Waals surface area contributed by atoms with Crippen LogP contribution >= 0.6 is 10.7 Å². The topological polar surface area (TPSA) is 75.7 Å². The van der Waals surface area contributed by atoms with Gasteiger partial charge in [-0.3, -0.25) is 0 Å². The van der Waals surface area contributed by atoms with E-state index in [1.165, 1.54) is 0 Å². The quantitative estimate of drug-likeness (QED) is 0.678. The number of hydrogen-bond donors (Lipinski definition) is 1. The van der Waals surface area contributed by atoms with Crippen molar-refractivity contribution in [2.24, 2.45) is 0 Å². The zero-order chi connectivity index (χ0) is 15.1. The molecule has 0 unspecified atom stereocenters. The van der Waals surface area contributed by atoms with Gasteiger partial charge in [0, 0.05) is 16.2 Å². The summed E-state index contributed by atoms with van der Waals surface area (Å²) in [5.41, 5.74) is -1.71. The molecule has 1 aromatic carbocycles. The van der Waals surface area contributed by atoms with E-state index in [1.807, 2.05) is 5.10 Å². The fraction of sp³-hybridized carbons (Fsp3) is 0.111. The van der Waals surface area contributed by atoms with Crippen LogP contribution in [0.2, 0.25) is 0 Å². The van der Waals surface area contributed by atoms with Gasteiger partial charge < -0.3 is 0 Å². The van der Waals surface area contributed by atoms with Gasteiger partial charge in [0.1, 0.15) is 5.82 Å². The van der Waals surface area contributed by atoms with Gasteiger partial charge in [0.2, 0.25) is 0 Å². The van der Waals surface area contributed by atoms with Gasteiger partial charge in [0.15, 0.2) is 5.82 Å². The van der Waals surface area contributed by atoms with Crippen molar-refractivity contribution in [3.63, 3.8) is 0 Å². The van der Waals surface area contributed by atoms with E-state index in [2.05, 4.69) is 10.1 Å². The number of benzene rings is 1. The Balaban J connectivity index is 2.52. The largest absolute Gasteiger partial charge is 0.419 e. The van der Waals surface area contributed by atoms with Crippen molar-refractivity contribution in [3.05, 3.63) is 29.6 Å². The van der Waals surface area contributed by atoms with E-state index in [-0.39, 0.29) is 11.4 Å². The summed E-state index contributed by atoms with van der Waals surface area (Å²) in [6.07, 6.45) is -4.89. The van der Waals surface area contributed by atoms with Crippen LogP contribution in [0.25, 0.3) is 11.4 Å². The maximum Gasteiger partial charge on any atom is 0.419 e. The standard InChI is InChI=1S/C9H4ClF4N3O2S/c10-20(18,19)8-15-7(16-17-8)4-1-2-6(11)5(3-4)9(12,13)14/h1-3H,(H,15,16,17). The fourth-order valence-electron chi connectivity index (χ4n) is 1.37. The lowest BCUT2D eigenvalue weighted by Crippen LogP contribution is -2.08.